The number of rotatable bonds is 4. The molecule has 2 aromatic rings. The van der Waals surface area contributed by atoms with Crippen molar-refractivity contribution < 1.29 is 9.26 Å². The van der Waals surface area contributed by atoms with Gasteiger partial charge in [0, 0.05) is 12.7 Å². The summed E-state index contributed by atoms with van der Waals surface area (Å²) in [4.78, 5) is 4.25. The van der Waals surface area contributed by atoms with Crippen LogP contribution in [-0.4, -0.2) is 23.9 Å². The maximum atomic E-state index is 5.80. The van der Waals surface area contributed by atoms with E-state index >= 15 is 0 Å². The van der Waals surface area contributed by atoms with Crippen LogP contribution < -0.4 is 5.73 Å². The molecule has 1 unspecified atom stereocenters. The predicted molar refractivity (Wildman–Crippen MR) is 63.3 cm³/mol. The van der Waals surface area contributed by atoms with Crippen LogP contribution in [0.15, 0.2) is 28.8 Å². The minimum atomic E-state index is -0.383. The average molecular weight is 233 g/mol. The van der Waals surface area contributed by atoms with Crippen LogP contribution in [-0.2, 0) is 4.74 Å². The number of nitrogens with zero attached hydrogens (tertiary/aromatic N) is 2. The van der Waals surface area contributed by atoms with Crippen LogP contribution >= 0.6 is 0 Å². The second-order valence-corrected chi connectivity index (χ2v) is 3.88. The van der Waals surface area contributed by atoms with Gasteiger partial charge in [-0.3, -0.25) is 0 Å². The zero-order valence-corrected chi connectivity index (χ0v) is 9.88. The highest BCUT2D eigenvalue weighted by Gasteiger charge is 2.15. The lowest BCUT2D eigenvalue weighted by Gasteiger charge is -2.02. The molecule has 0 amide bonds. The number of aromatic nitrogens is 2. The predicted octanol–water partition coefficient (Wildman–Crippen LogP) is 1.69. The van der Waals surface area contributed by atoms with Crippen LogP contribution in [0.1, 0.15) is 17.5 Å². The molecule has 0 aliphatic heterocycles. The molecule has 1 atom stereocenters. The largest absolute Gasteiger partial charge is 0.383 e. The summed E-state index contributed by atoms with van der Waals surface area (Å²) in [5.74, 6) is 0.939. The summed E-state index contributed by atoms with van der Waals surface area (Å²) in [6.07, 6.45) is 0. The number of methoxy groups -OCH3 is 1. The Morgan fingerprint density at radius 2 is 2.06 bits per heavy atom. The lowest BCUT2D eigenvalue weighted by molar-refractivity contribution is 0.166. The Labute approximate surface area is 99.6 Å². The van der Waals surface area contributed by atoms with Gasteiger partial charge in [0.05, 0.1) is 6.61 Å². The van der Waals surface area contributed by atoms with Crippen LogP contribution in [0.2, 0.25) is 0 Å². The number of ether oxygens (including phenoxy) is 1. The van der Waals surface area contributed by atoms with E-state index in [4.69, 9.17) is 15.0 Å². The van der Waals surface area contributed by atoms with Gasteiger partial charge in [-0.25, -0.2) is 0 Å². The Kier molecular flexibility index (Phi) is 3.51. The lowest BCUT2D eigenvalue weighted by Crippen LogP contribution is -2.16. The summed E-state index contributed by atoms with van der Waals surface area (Å²) in [7, 11) is 1.58. The summed E-state index contributed by atoms with van der Waals surface area (Å²) in [6, 6.07) is 7.52. The average Bonchev–Trinajstić information content (AvgIpc) is 2.80. The van der Waals surface area contributed by atoms with Crippen LogP contribution in [0.4, 0.5) is 0 Å². The number of hydrogen-bond acceptors (Lipinski definition) is 5. The third kappa shape index (κ3) is 2.69. The molecule has 0 aliphatic rings. The Balaban J connectivity index is 2.20. The van der Waals surface area contributed by atoms with E-state index in [1.54, 1.807) is 7.11 Å². The fourth-order valence-electron chi connectivity index (χ4n) is 1.46. The maximum Gasteiger partial charge on any atom is 0.246 e. The van der Waals surface area contributed by atoms with Crippen LogP contribution in [0.25, 0.3) is 11.4 Å². The van der Waals surface area contributed by atoms with Gasteiger partial charge in [0.2, 0.25) is 11.7 Å². The van der Waals surface area contributed by atoms with Crippen molar-refractivity contribution in [2.75, 3.05) is 13.7 Å². The summed E-state index contributed by atoms with van der Waals surface area (Å²) >= 11 is 0. The summed E-state index contributed by atoms with van der Waals surface area (Å²) in [5.41, 5.74) is 7.90. The van der Waals surface area contributed by atoms with Gasteiger partial charge in [0.1, 0.15) is 6.04 Å². The third-order valence-corrected chi connectivity index (χ3v) is 2.41. The third-order valence-electron chi connectivity index (χ3n) is 2.41. The molecular formula is C12H15N3O2. The quantitative estimate of drug-likeness (QED) is 0.869. The molecule has 1 aromatic heterocycles. The molecule has 0 spiro atoms. The zero-order chi connectivity index (χ0) is 12.3. The van der Waals surface area contributed by atoms with Gasteiger partial charge >= 0.3 is 0 Å². The van der Waals surface area contributed by atoms with Crippen molar-refractivity contribution in [3.63, 3.8) is 0 Å². The van der Waals surface area contributed by atoms with Gasteiger partial charge in [-0.05, 0) is 6.92 Å². The first-order valence-corrected chi connectivity index (χ1v) is 5.36. The van der Waals surface area contributed by atoms with E-state index in [1.807, 2.05) is 31.2 Å². The van der Waals surface area contributed by atoms with Crippen molar-refractivity contribution in [1.29, 1.82) is 0 Å². The van der Waals surface area contributed by atoms with Crippen molar-refractivity contribution in [2.24, 2.45) is 5.73 Å². The summed E-state index contributed by atoms with van der Waals surface area (Å²) in [5, 5.41) is 3.90. The molecule has 5 heteroatoms. The van der Waals surface area contributed by atoms with Gasteiger partial charge in [0.25, 0.3) is 0 Å². The van der Waals surface area contributed by atoms with E-state index in [0.29, 0.717) is 18.3 Å². The molecule has 0 bridgehead atoms. The van der Waals surface area contributed by atoms with Crippen molar-refractivity contribution in [3.8, 4) is 11.4 Å². The fraction of sp³-hybridized carbons (Fsp3) is 0.333. The molecular weight excluding hydrogens is 218 g/mol. The summed E-state index contributed by atoms with van der Waals surface area (Å²) in [6.45, 7) is 2.38. The van der Waals surface area contributed by atoms with Gasteiger partial charge in [0.15, 0.2) is 0 Å². The number of hydrogen-bond donors (Lipinski definition) is 1. The molecule has 5 nitrogen and oxygen atoms in total. The van der Waals surface area contributed by atoms with E-state index in [9.17, 15) is 0 Å². The van der Waals surface area contributed by atoms with Gasteiger partial charge in [-0.15, -0.1) is 0 Å². The van der Waals surface area contributed by atoms with Crippen LogP contribution in [0.3, 0.4) is 0 Å². The molecule has 2 N–H and O–H groups in total. The normalized spacial score (nSPS) is 12.6. The number of benzene rings is 1. The van der Waals surface area contributed by atoms with Gasteiger partial charge in [-0.2, -0.15) is 4.98 Å². The maximum absolute atomic E-state index is 5.80. The lowest BCUT2D eigenvalue weighted by atomic mass is 10.1. The minimum Gasteiger partial charge on any atom is -0.383 e. The van der Waals surface area contributed by atoms with E-state index in [1.165, 1.54) is 5.56 Å². The molecule has 1 heterocycles. The molecule has 0 fully saturated rings. The Bertz CT molecular complexity index is 479. The van der Waals surface area contributed by atoms with Crippen LogP contribution in [0.5, 0.6) is 0 Å². The second kappa shape index (κ2) is 5.07. The molecule has 0 radical (unpaired) electrons. The monoisotopic (exact) mass is 233 g/mol. The molecule has 2 rings (SSSR count). The summed E-state index contributed by atoms with van der Waals surface area (Å²) < 4.78 is 10.0. The molecule has 1 aromatic carbocycles. The molecule has 90 valence electrons. The Hall–Kier alpha value is -1.72. The number of aryl methyl sites for hydroxylation is 1. The van der Waals surface area contributed by atoms with Gasteiger partial charge < -0.3 is 15.0 Å². The smallest absolute Gasteiger partial charge is 0.246 e. The number of nitrogens with two attached hydrogens (primary N) is 1. The van der Waals surface area contributed by atoms with E-state index in [0.717, 1.165) is 5.56 Å². The molecule has 0 aliphatic carbocycles. The Morgan fingerprint density at radius 3 is 2.71 bits per heavy atom. The van der Waals surface area contributed by atoms with E-state index in [2.05, 4.69) is 10.1 Å². The van der Waals surface area contributed by atoms with Gasteiger partial charge in [-0.1, -0.05) is 35.0 Å². The SMILES string of the molecule is COCC(N)c1nc(-c2ccc(C)cc2)no1. The topological polar surface area (TPSA) is 74.2 Å². The standard InChI is InChI=1S/C12H15N3O2/c1-8-3-5-9(6-4-8)11-14-12(17-15-11)10(13)7-16-2/h3-6,10H,7,13H2,1-2H3. The second-order valence-electron chi connectivity index (χ2n) is 3.88. The zero-order valence-electron chi connectivity index (χ0n) is 9.88. The molecule has 17 heavy (non-hydrogen) atoms. The fourth-order valence-corrected chi connectivity index (χ4v) is 1.46. The van der Waals surface area contributed by atoms with Crippen molar-refractivity contribution >= 4 is 0 Å². The first-order chi connectivity index (χ1) is 8.20. The molecule has 0 saturated carbocycles. The first kappa shape index (κ1) is 11.8. The van der Waals surface area contributed by atoms with E-state index < -0.39 is 0 Å². The van der Waals surface area contributed by atoms with Crippen molar-refractivity contribution in [1.82, 2.24) is 10.1 Å². The Morgan fingerprint density at radius 1 is 1.35 bits per heavy atom. The van der Waals surface area contributed by atoms with Crippen LogP contribution in [0, 0.1) is 6.92 Å². The highest BCUT2D eigenvalue weighted by atomic mass is 16.5. The van der Waals surface area contributed by atoms with Crippen molar-refractivity contribution in [3.05, 3.63) is 35.7 Å². The van der Waals surface area contributed by atoms with Crippen molar-refractivity contribution in [2.45, 2.75) is 13.0 Å². The minimum absolute atomic E-state index is 0.357. The highest BCUT2D eigenvalue weighted by Crippen LogP contribution is 2.18. The molecule has 0 saturated heterocycles. The highest BCUT2D eigenvalue weighted by molar-refractivity contribution is 5.54. The van der Waals surface area contributed by atoms with E-state index in [-0.39, 0.29) is 6.04 Å². The first-order valence-electron chi connectivity index (χ1n) is 5.36.